The van der Waals surface area contributed by atoms with Crippen molar-refractivity contribution in [1.82, 2.24) is 0 Å². The standard InChI is InChI=1S/C50H68O13/c1-4-45(52)58-28-6-8-30-60-47(54)38-18-10-34(11-19-38)36-14-22-40(23-15-36)49(56)62-42-26-27-44(43(32-42)33(3)51)63-50(57)41-24-16-37(17-25-41)35-12-20-39(21-13-35)48(55)61-31-9-7-29-59-46(53)5-2/h4-5,26-27,32,34-41H,1-2,6-25,28-31H2,3H3. The van der Waals surface area contributed by atoms with Gasteiger partial charge in [-0.15, -0.1) is 0 Å². The molecule has 0 amide bonds. The average molecular weight is 877 g/mol. The summed E-state index contributed by atoms with van der Waals surface area (Å²) < 4.78 is 32.5. The molecule has 5 rings (SSSR count). The molecule has 0 heterocycles. The zero-order valence-corrected chi connectivity index (χ0v) is 37.2. The van der Waals surface area contributed by atoms with Gasteiger partial charge in [0.2, 0.25) is 0 Å². The fourth-order valence-corrected chi connectivity index (χ4v) is 10.1. The number of hydrogen-bond acceptors (Lipinski definition) is 13. The molecule has 0 N–H and O–H groups in total. The Hall–Kier alpha value is -4.81. The molecule has 4 fully saturated rings. The van der Waals surface area contributed by atoms with E-state index in [-0.39, 0.29) is 83.6 Å². The number of hydrogen-bond donors (Lipinski definition) is 0. The predicted molar refractivity (Wildman–Crippen MR) is 232 cm³/mol. The monoisotopic (exact) mass is 876 g/mol. The van der Waals surface area contributed by atoms with Gasteiger partial charge in [0, 0.05) is 12.2 Å². The van der Waals surface area contributed by atoms with Crippen LogP contribution in [0.1, 0.15) is 146 Å². The van der Waals surface area contributed by atoms with Crippen LogP contribution in [-0.2, 0) is 47.7 Å². The van der Waals surface area contributed by atoms with Crippen LogP contribution in [0.15, 0.2) is 43.5 Å². The Bertz CT molecular complexity index is 1740. The predicted octanol–water partition coefficient (Wildman–Crippen LogP) is 9.03. The maximum absolute atomic E-state index is 13.3. The summed E-state index contributed by atoms with van der Waals surface area (Å²) in [6, 6.07) is 4.61. The molecule has 0 bridgehead atoms. The number of Topliss-reactive ketones (excluding diaryl/α,β-unsaturated/α-hetero) is 1. The van der Waals surface area contributed by atoms with E-state index in [9.17, 15) is 33.6 Å². The number of benzene rings is 1. The molecule has 0 unspecified atom stereocenters. The van der Waals surface area contributed by atoms with Crippen LogP contribution in [0.5, 0.6) is 11.5 Å². The summed E-state index contributed by atoms with van der Waals surface area (Å²) >= 11 is 0. The van der Waals surface area contributed by atoms with E-state index in [2.05, 4.69) is 13.2 Å². The van der Waals surface area contributed by atoms with Gasteiger partial charge < -0.3 is 28.4 Å². The highest BCUT2D eigenvalue weighted by Gasteiger charge is 2.37. The van der Waals surface area contributed by atoms with E-state index in [0.717, 1.165) is 102 Å². The largest absolute Gasteiger partial charge is 0.465 e. The van der Waals surface area contributed by atoms with Gasteiger partial charge in [0.05, 0.1) is 55.7 Å². The van der Waals surface area contributed by atoms with Crippen molar-refractivity contribution in [2.45, 2.75) is 135 Å². The third kappa shape index (κ3) is 15.4. The van der Waals surface area contributed by atoms with Crippen molar-refractivity contribution >= 4 is 41.6 Å². The van der Waals surface area contributed by atoms with Gasteiger partial charge in [-0.3, -0.25) is 24.0 Å². The third-order valence-corrected chi connectivity index (χ3v) is 13.9. The molecule has 0 radical (unpaired) electrons. The fourth-order valence-electron chi connectivity index (χ4n) is 10.1. The lowest BCUT2D eigenvalue weighted by Gasteiger charge is -2.36. The molecule has 4 aliphatic rings. The molecular weight excluding hydrogens is 809 g/mol. The molecule has 346 valence electrons. The average Bonchev–Trinajstić information content (AvgIpc) is 3.31. The van der Waals surface area contributed by atoms with Crippen molar-refractivity contribution in [1.29, 1.82) is 0 Å². The summed E-state index contributed by atoms with van der Waals surface area (Å²) in [5.74, 6) is -0.413. The molecule has 0 saturated heterocycles. The van der Waals surface area contributed by atoms with Gasteiger partial charge >= 0.3 is 35.8 Å². The van der Waals surface area contributed by atoms with Crippen molar-refractivity contribution in [2.75, 3.05) is 26.4 Å². The second-order valence-electron chi connectivity index (χ2n) is 18.0. The van der Waals surface area contributed by atoms with Crippen LogP contribution < -0.4 is 9.47 Å². The van der Waals surface area contributed by atoms with Crippen LogP contribution in [-0.4, -0.2) is 68.0 Å². The first-order valence-electron chi connectivity index (χ1n) is 23.5. The lowest BCUT2D eigenvalue weighted by atomic mass is 9.69. The maximum atomic E-state index is 13.3. The number of unbranched alkanes of at least 4 members (excludes halogenated alkanes) is 2. The van der Waals surface area contributed by atoms with Gasteiger partial charge in [0.25, 0.3) is 0 Å². The summed E-state index contributed by atoms with van der Waals surface area (Å²) in [6.07, 6.45) is 18.3. The summed E-state index contributed by atoms with van der Waals surface area (Å²) in [5.41, 5.74) is 0.196. The van der Waals surface area contributed by atoms with E-state index in [0.29, 0.717) is 75.4 Å². The van der Waals surface area contributed by atoms with Crippen molar-refractivity contribution in [3.8, 4) is 11.5 Å². The number of carbonyl (C=O) groups excluding carboxylic acids is 7. The Kier molecular flexibility index (Phi) is 19.9. The van der Waals surface area contributed by atoms with Crippen LogP contribution in [0.4, 0.5) is 0 Å². The molecule has 13 nitrogen and oxygen atoms in total. The molecule has 1 aromatic carbocycles. The van der Waals surface area contributed by atoms with Crippen LogP contribution >= 0.6 is 0 Å². The van der Waals surface area contributed by atoms with Crippen molar-refractivity contribution in [2.24, 2.45) is 47.3 Å². The van der Waals surface area contributed by atoms with Gasteiger partial charge in [0.15, 0.2) is 5.78 Å². The van der Waals surface area contributed by atoms with Gasteiger partial charge in [0.1, 0.15) is 11.5 Å². The zero-order valence-electron chi connectivity index (χ0n) is 37.2. The summed E-state index contributed by atoms with van der Waals surface area (Å²) in [5, 5.41) is 0. The molecule has 1 aromatic rings. The molecule has 0 aliphatic heterocycles. The second-order valence-corrected chi connectivity index (χ2v) is 18.0. The first kappa shape index (κ1) is 49.2. The summed E-state index contributed by atoms with van der Waals surface area (Å²) in [7, 11) is 0. The summed E-state index contributed by atoms with van der Waals surface area (Å²) in [6.45, 7) is 9.31. The molecule has 4 saturated carbocycles. The number of ether oxygens (including phenoxy) is 6. The minimum absolute atomic E-state index is 0.0855. The molecule has 0 aromatic heterocycles. The van der Waals surface area contributed by atoms with Crippen LogP contribution in [0, 0.1) is 47.3 Å². The summed E-state index contributed by atoms with van der Waals surface area (Å²) in [4.78, 5) is 86.8. The van der Waals surface area contributed by atoms with E-state index in [1.54, 1.807) is 12.1 Å². The second kappa shape index (κ2) is 25.5. The third-order valence-electron chi connectivity index (χ3n) is 13.9. The Morgan fingerprint density at radius 1 is 0.476 bits per heavy atom. The number of carbonyl (C=O) groups is 7. The Morgan fingerprint density at radius 3 is 1.16 bits per heavy atom. The minimum Gasteiger partial charge on any atom is -0.465 e. The Balaban J connectivity index is 0.967. The first-order chi connectivity index (χ1) is 30.4. The van der Waals surface area contributed by atoms with Crippen LogP contribution in [0.2, 0.25) is 0 Å². The highest BCUT2D eigenvalue weighted by Crippen LogP contribution is 2.44. The number of esters is 6. The van der Waals surface area contributed by atoms with E-state index >= 15 is 0 Å². The van der Waals surface area contributed by atoms with E-state index in [4.69, 9.17) is 28.4 Å². The van der Waals surface area contributed by atoms with E-state index < -0.39 is 11.9 Å². The highest BCUT2D eigenvalue weighted by atomic mass is 16.6. The molecular formula is C50H68O13. The molecule has 4 aliphatic carbocycles. The van der Waals surface area contributed by atoms with Crippen LogP contribution in [0.25, 0.3) is 0 Å². The maximum Gasteiger partial charge on any atom is 0.330 e. The van der Waals surface area contributed by atoms with Crippen molar-refractivity contribution in [3.05, 3.63) is 49.1 Å². The molecule has 63 heavy (non-hydrogen) atoms. The molecule has 13 heteroatoms. The van der Waals surface area contributed by atoms with Crippen molar-refractivity contribution < 1.29 is 62.0 Å². The first-order valence-corrected chi connectivity index (χ1v) is 23.5. The molecule has 0 atom stereocenters. The smallest absolute Gasteiger partial charge is 0.330 e. The zero-order chi connectivity index (χ0) is 45.1. The number of rotatable bonds is 21. The van der Waals surface area contributed by atoms with E-state index in [1.807, 2.05) is 0 Å². The quantitative estimate of drug-likeness (QED) is 0.0286. The SMILES string of the molecule is C=CC(=O)OCCCCOC(=O)C1CCC(C2CCC(C(=O)Oc3ccc(OC(=O)C4CCC(C5CCC(C(=O)OCCCCOC(=O)C=C)CC5)CC4)c(C(C)=O)c3)CC2)CC1. The minimum atomic E-state index is -0.456. The Morgan fingerprint density at radius 2 is 0.810 bits per heavy atom. The van der Waals surface area contributed by atoms with Gasteiger partial charge in [-0.1, -0.05) is 13.2 Å². The van der Waals surface area contributed by atoms with Crippen molar-refractivity contribution in [3.63, 3.8) is 0 Å². The highest BCUT2D eigenvalue weighted by molar-refractivity contribution is 5.98. The lowest BCUT2D eigenvalue weighted by Crippen LogP contribution is -2.32. The normalized spacial score (nSPS) is 25.9. The molecule has 0 spiro atoms. The number of ketones is 1. The van der Waals surface area contributed by atoms with E-state index in [1.165, 1.54) is 13.0 Å². The fraction of sp³-hybridized carbons (Fsp3) is 0.660. The van der Waals surface area contributed by atoms with Gasteiger partial charge in [-0.05, 0) is 177 Å². The topological polar surface area (TPSA) is 175 Å². The van der Waals surface area contributed by atoms with Gasteiger partial charge in [-0.2, -0.15) is 0 Å². The lowest BCUT2D eigenvalue weighted by molar-refractivity contribution is -0.151. The van der Waals surface area contributed by atoms with Gasteiger partial charge in [-0.25, -0.2) is 9.59 Å². The van der Waals surface area contributed by atoms with Crippen LogP contribution in [0.3, 0.4) is 0 Å². The Labute approximate surface area is 372 Å².